The van der Waals surface area contributed by atoms with E-state index in [0.717, 1.165) is 5.56 Å². The first-order valence-electron chi connectivity index (χ1n) is 6.81. The molecule has 0 aliphatic rings. The van der Waals surface area contributed by atoms with Crippen LogP contribution in [0.25, 0.3) is 0 Å². The number of hydrogen-bond donors (Lipinski definition) is 5. The number of carbonyl (C=O) groups excluding carboxylic acids is 1. The number of aliphatic imine (C=N–C) groups is 1. The maximum Gasteiger partial charge on any atom is 0.250 e. The average molecular weight is 293 g/mol. The number of nitrogens with zero attached hydrogens (tertiary/aromatic N) is 1. The summed E-state index contributed by atoms with van der Waals surface area (Å²) in [7, 11) is 0. The number of guanidine groups is 1. The van der Waals surface area contributed by atoms with E-state index >= 15 is 0 Å². The Hall–Kier alpha value is -2.12. The van der Waals surface area contributed by atoms with Gasteiger partial charge < -0.3 is 27.6 Å². The van der Waals surface area contributed by atoms with Crippen LogP contribution in [0.2, 0.25) is 0 Å². The largest absolute Gasteiger partial charge is 0.382 e. The van der Waals surface area contributed by atoms with Crippen molar-refractivity contribution in [1.29, 1.82) is 0 Å². The third kappa shape index (κ3) is 6.73. The fourth-order valence-corrected chi connectivity index (χ4v) is 1.78. The molecule has 0 aromatic heterocycles. The lowest BCUT2D eigenvalue weighted by molar-refractivity contribution is -0.130. The van der Waals surface area contributed by atoms with Gasteiger partial charge in [0.15, 0.2) is 5.96 Å². The third-order valence-corrected chi connectivity index (χ3v) is 2.97. The Labute approximate surface area is 124 Å². The van der Waals surface area contributed by atoms with E-state index < -0.39 is 18.1 Å². The van der Waals surface area contributed by atoms with Crippen LogP contribution >= 0.6 is 0 Å². The molecule has 2 atom stereocenters. The number of carbonyl (C=O) groups is 1. The molecule has 116 valence electrons. The monoisotopic (exact) mass is 293 g/mol. The lowest BCUT2D eigenvalue weighted by atomic mass is 10.1. The molecule has 0 spiro atoms. The molecule has 1 aromatic carbocycles. The van der Waals surface area contributed by atoms with Crippen LogP contribution in [0.1, 0.15) is 18.4 Å². The predicted molar refractivity (Wildman–Crippen MR) is 82.2 cm³/mol. The highest BCUT2D eigenvalue weighted by Crippen LogP contribution is 2.02. The van der Waals surface area contributed by atoms with Crippen molar-refractivity contribution >= 4 is 11.9 Å². The second kappa shape index (κ2) is 8.93. The summed E-state index contributed by atoms with van der Waals surface area (Å²) in [5.41, 5.74) is 17.1. The Morgan fingerprint density at radius 3 is 2.57 bits per heavy atom. The summed E-state index contributed by atoms with van der Waals surface area (Å²) >= 11 is 0. The first-order chi connectivity index (χ1) is 10.0. The van der Waals surface area contributed by atoms with Crippen molar-refractivity contribution in [2.75, 3.05) is 6.54 Å². The molecule has 0 saturated heterocycles. The smallest absolute Gasteiger partial charge is 0.250 e. The molecule has 7 heteroatoms. The van der Waals surface area contributed by atoms with E-state index in [1.807, 2.05) is 30.3 Å². The van der Waals surface area contributed by atoms with Gasteiger partial charge in [-0.25, -0.2) is 0 Å². The van der Waals surface area contributed by atoms with Gasteiger partial charge in [-0.1, -0.05) is 30.3 Å². The summed E-state index contributed by atoms with van der Waals surface area (Å²) in [6.45, 7) is 0.784. The first-order valence-corrected chi connectivity index (χ1v) is 6.81. The van der Waals surface area contributed by atoms with Gasteiger partial charge in [-0.3, -0.25) is 9.79 Å². The molecule has 0 aliphatic carbocycles. The minimum absolute atomic E-state index is 0.0183. The van der Waals surface area contributed by atoms with Crippen molar-refractivity contribution in [3.05, 3.63) is 35.9 Å². The average Bonchev–Trinajstić information content (AvgIpc) is 2.49. The van der Waals surface area contributed by atoms with Gasteiger partial charge in [0.25, 0.3) is 5.91 Å². The zero-order valence-electron chi connectivity index (χ0n) is 11.9. The topological polar surface area (TPSA) is 140 Å². The molecule has 8 N–H and O–H groups in total. The summed E-state index contributed by atoms with van der Waals surface area (Å²) in [5, 5.41) is 12.5. The molecule has 1 rings (SSSR count). The van der Waals surface area contributed by atoms with Crippen LogP contribution in [0.4, 0.5) is 0 Å². The molecular weight excluding hydrogens is 270 g/mol. The lowest BCUT2D eigenvalue weighted by Gasteiger charge is -2.18. The fraction of sp³-hybridized carbons (Fsp3) is 0.429. The van der Waals surface area contributed by atoms with Crippen molar-refractivity contribution < 1.29 is 9.90 Å². The van der Waals surface area contributed by atoms with Crippen molar-refractivity contribution in [3.8, 4) is 0 Å². The van der Waals surface area contributed by atoms with Crippen molar-refractivity contribution in [1.82, 2.24) is 5.32 Å². The fourth-order valence-electron chi connectivity index (χ4n) is 1.78. The van der Waals surface area contributed by atoms with Crippen molar-refractivity contribution in [2.45, 2.75) is 31.5 Å². The van der Waals surface area contributed by atoms with E-state index in [0.29, 0.717) is 25.9 Å². The second-order valence-corrected chi connectivity index (χ2v) is 4.76. The molecule has 0 radical (unpaired) electrons. The molecule has 0 saturated carbocycles. The summed E-state index contributed by atoms with van der Waals surface area (Å²) in [6.07, 6.45) is -0.188. The minimum Gasteiger partial charge on any atom is -0.382 e. The quantitative estimate of drug-likeness (QED) is 0.239. The molecule has 0 aliphatic heterocycles. The standard InChI is InChI=1S/C14H23N5O2/c15-11(7-4-8-18-14(16)17)12(20)13(21)19-9-10-5-2-1-3-6-10/h1-3,5-6,11-12,20H,4,7-9,15H2,(H,19,21)(H4,16,17,18)/t11-,12?/m0/s1. The Kier molecular flexibility index (Phi) is 7.20. The molecule has 0 bridgehead atoms. The van der Waals surface area contributed by atoms with E-state index in [2.05, 4.69) is 10.3 Å². The van der Waals surface area contributed by atoms with Gasteiger partial charge in [-0.05, 0) is 18.4 Å². The van der Waals surface area contributed by atoms with Crippen LogP contribution in [-0.2, 0) is 11.3 Å². The number of aliphatic hydroxyl groups is 1. The number of hydrogen-bond acceptors (Lipinski definition) is 4. The summed E-state index contributed by atoms with van der Waals surface area (Å²) < 4.78 is 0. The van der Waals surface area contributed by atoms with Crippen LogP contribution in [0.5, 0.6) is 0 Å². The van der Waals surface area contributed by atoms with Gasteiger partial charge in [-0.2, -0.15) is 0 Å². The first kappa shape index (κ1) is 16.9. The van der Waals surface area contributed by atoms with Crippen molar-refractivity contribution in [2.24, 2.45) is 22.2 Å². The molecule has 1 aromatic rings. The zero-order chi connectivity index (χ0) is 15.7. The number of rotatable bonds is 8. The highest BCUT2D eigenvalue weighted by atomic mass is 16.3. The van der Waals surface area contributed by atoms with E-state index in [9.17, 15) is 9.90 Å². The van der Waals surface area contributed by atoms with Crippen LogP contribution in [-0.4, -0.2) is 35.7 Å². The Bertz CT molecular complexity index is 460. The summed E-state index contributed by atoms with van der Waals surface area (Å²) in [4.78, 5) is 15.6. The highest BCUT2D eigenvalue weighted by Gasteiger charge is 2.22. The van der Waals surface area contributed by atoms with Gasteiger partial charge in [0, 0.05) is 19.1 Å². The summed E-state index contributed by atoms with van der Waals surface area (Å²) in [5.74, 6) is -0.460. The lowest BCUT2D eigenvalue weighted by Crippen LogP contribution is -2.46. The normalized spacial score (nSPS) is 13.2. The number of benzene rings is 1. The van der Waals surface area contributed by atoms with Crippen molar-refractivity contribution in [3.63, 3.8) is 0 Å². The number of nitrogens with one attached hydrogen (secondary N) is 1. The van der Waals surface area contributed by atoms with Gasteiger partial charge in [0.05, 0.1) is 0 Å². The molecule has 7 nitrogen and oxygen atoms in total. The van der Waals surface area contributed by atoms with Crippen LogP contribution in [0.15, 0.2) is 35.3 Å². The molecular formula is C14H23N5O2. The van der Waals surface area contributed by atoms with E-state index in [-0.39, 0.29) is 5.96 Å². The Morgan fingerprint density at radius 2 is 1.95 bits per heavy atom. The Morgan fingerprint density at radius 1 is 1.29 bits per heavy atom. The zero-order valence-corrected chi connectivity index (χ0v) is 11.9. The highest BCUT2D eigenvalue weighted by molar-refractivity contribution is 5.81. The molecule has 0 fully saturated rings. The maximum atomic E-state index is 11.8. The molecule has 1 unspecified atom stereocenters. The van der Waals surface area contributed by atoms with Crippen LogP contribution < -0.4 is 22.5 Å². The molecule has 21 heavy (non-hydrogen) atoms. The van der Waals surface area contributed by atoms with Gasteiger partial charge in [0.2, 0.25) is 0 Å². The maximum absolute atomic E-state index is 11.8. The predicted octanol–water partition coefficient (Wildman–Crippen LogP) is -0.955. The second-order valence-electron chi connectivity index (χ2n) is 4.76. The van der Waals surface area contributed by atoms with Gasteiger partial charge in [-0.15, -0.1) is 0 Å². The third-order valence-electron chi connectivity index (χ3n) is 2.97. The van der Waals surface area contributed by atoms with Crippen LogP contribution in [0.3, 0.4) is 0 Å². The number of aliphatic hydroxyl groups excluding tert-OH is 1. The van der Waals surface area contributed by atoms with E-state index in [4.69, 9.17) is 17.2 Å². The van der Waals surface area contributed by atoms with E-state index in [1.54, 1.807) is 0 Å². The van der Waals surface area contributed by atoms with Gasteiger partial charge in [0.1, 0.15) is 6.10 Å². The Balaban J connectivity index is 2.30. The number of amides is 1. The van der Waals surface area contributed by atoms with Gasteiger partial charge >= 0.3 is 0 Å². The van der Waals surface area contributed by atoms with Crippen LogP contribution in [0, 0.1) is 0 Å². The minimum atomic E-state index is -1.24. The molecule has 0 heterocycles. The van der Waals surface area contributed by atoms with E-state index in [1.165, 1.54) is 0 Å². The SMILES string of the molecule is NC(N)=NCCC[C@H](N)C(O)C(=O)NCc1ccccc1. The number of nitrogens with two attached hydrogens (primary N) is 3. The summed E-state index contributed by atoms with van der Waals surface area (Å²) in [6, 6.07) is 8.80. The molecule has 1 amide bonds.